The summed E-state index contributed by atoms with van der Waals surface area (Å²) in [5, 5.41) is 3.21. The Bertz CT molecular complexity index is 993. The highest BCUT2D eigenvalue weighted by molar-refractivity contribution is 6.31. The third-order valence-electron chi connectivity index (χ3n) is 3.44. The predicted octanol–water partition coefficient (Wildman–Crippen LogP) is 3.18. The number of fused-ring (bicyclic) bond motifs is 1. The number of hydrogen-bond acceptors (Lipinski definition) is 5. The molecule has 3 aromatic rings. The van der Waals surface area contributed by atoms with Gasteiger partial charge in [0.2, 0.25) is 5.91 Å². The van der Waals surface area contributed by atoms with E-state index in [2.05, 4.69) is 10.3 Å². The number of benzene rings is 1. The van der Waals surface area contributed by atoms with E-state index < -0.39 is 0 Å². The molecule has 0 aliphatic carbocycles. The first kappa shape index (κ1) is 17.0. The number of aromatic nitrogens is 2. The monoisotopic (exact) mass is 361 g/mol. The molecular formula is C17H16ClN3O4. The van der Waals surface area contributed by atoms with Crippen LogP contribution in [0.15, 0.2) is 39.6 Å². The fraction of sp³-hybridized carbons (Fsp3) is 0.235. The Labute approximate surface area is 148 Å². The lowest BCUT2D eigenvalue weighted by atomic mass is 10.2. The Kier molecular flexibility index (Phi) is 4.76. The van der Waals surface area contributed by atoms with Crippen molar-refractivity contribution >= 4 is 28.8 Å². The van der Waals surface area contributed by atoms with Gasteiger partial charge in [-0.25, -0.2) is 4.98 Å². The highest BCUT2D eigenvalue weighted by Gasteiger charge is 2.11. The van der Waals surface area contributed by atoms with Crippen molar-refractivity contribution in [3.8, 4) is 5.75 Å². The lowest BCUT2D eigenvalue weighted by molar-refractivity contribution is -0.115. The number of nitrogens with one attached hydrogen (secondary N) is 1. The number of ether oxygens (including phenoxy) is 1. The average Bonchev–Trinajstić information content (AvgIpc) is 2.95. The smallest absolute Gasteiger partial charge is 0.287 e. The third-order valence-corrected chi connectivity index (χ3v) is 3.67. The van der Waals surface area contributed by atoms with Crippen LogP contribution in [0.25, 0.3) is 5.65 Å². The van der Waals surface area contributed by atoms with E-state index in [-0.39, 0.29) is 18.1 Å². The zero-order chi connectivity index (χ0) is 18.0. The number of halogens is 1. The van der Waals surface area contributed by atoms with Gasteiger partial charge >= 0.3 is 0 Å². The van der Waals surface area contributed by atoms with Gasteiger partial charge in [-0.3, -0.25) is 9.59 Å². The minimum Gasteiger partial charge on any atom is -0.485 e. The number of carbonyl (C=O) groups excluding carboxylic acids is 1. The molecule has 0 fully saturated rings. The summed E-state index contributed by atoms with van der Waals surface area (Å²) in [5.74, 6) is 0.875. The molecular weight excluding hydrogens is 346 g/mol. The zero-order valence-electron chi connectivity index (χ0n) is 13.7. The van der Waals surface area contributed by atoms with E-state index in [0.29, 0.717) is 40.0 Å². The summed E-state index contributed by atoms with van der Waals surface area (Å²) in [6.07, 6.45) is 0.334. The van der Waals surface area contributed by atoms with Gasteiger partial charge in [-0.15, -0.1) is 4.57 Å². The van der Waals surface area contributed by atoms with Crippen LogP contribution in [-0.4, -0.2) is 15.5 Å². The van der Waals surface area contributed by atoms with Gasteiger partial charge in [-0.05, 0) is 25.1 Å². The van der Waals surface area contributed by atoms with Crippen molar-refractivity contribution in [2.45, 2.75) is 26.9 Å². The standard InChI is InChI=1S/C17H16ClN3O4/c1-3-16(22)20-13-7-11(18)4-5-14(13)24-9-12-8-17(23)21-15(19-12)6-10(2)25-21/h4-8H,3,9H2,1-2H3,(H,20,22). The van der Waals surface area contributed by atoms with Gasteiger partial charge < -0.3 is 14.6 Å². The normalized spacial score (nSPS) is 10.8. The maximum absolute atomic E-state index is 12.0. The van der Waals surface area contributed by atoms with Gasteiger partial charge in [-0.1, -0.05) is 18.5 Å². The molecule has 1 aromatic carbocycles. The Balaban J connectivity index is 1.84. The number of amides is 1. The summed E-state index contributed by atoms with van der Waals surface area (Å²) in [7, 11) is 0. The summed E-state index contributed by atoms with van der Waals surface area (Å²) >= 11 is 5.98. The Morgan fingerprint density at radius 1 is 1.36 bits per heavy atom. The van der Waals surface area contributed by atoms with Crippen LogP contribution in [0.5, 0.6) is 5.75 Å². The zero-order valence-corrected chi connectivity index (χ0v) is 14.5. The molecule has 0 radical (unpaired) electrons. The molecule has 1 N–H and O–H groups in total. The molecule has 0 aliphatic rings. The summed E-state index contributed by atoms with van der Waals surface area (Å²) in [6, 6.07) is 7.93. The maximum atomic E-state index is 12.0. The summed E-state index contributed by atoms with van der Waals surface area (Å²) in [5.41, 5.74) is 1.01. The Morgan fingerprint density at radius 2 is 2.16 bits per heavy atom. The largest absolute Gasteiger partial charge is 0.485 e. The van der Waals surface area contributed by atoms with Crippen molar-refractivity contribution in [1.29, 1.82) is 0 Å². The molecule has 2 aromatic heterocycles. The van der Waals surface area contributed by atoms with Crippen LogP contribution >= 0.6 is 11.6 Å². The first-order valence-corrected chi connectivity index (χ1v) is 8.06. The molecule has 0 spiro atoms. The van der Waals surface area contributed by atoms with Gasteiger partial charge in [0.15, 0.2) is 5.65 Å². The first-order valence-electron chi connectivity index (χ1n) is 7.68. The van der Waals surface area contributed by atoms with Gasteiger partial charge in [0.1, 0.15) is 18.1 Å². The van der Waals surface area contributed by atoms with E-state index >= 15 is 0 Å². The van der Waals surface area contributed by atoms with Crippen LogP contribution in [0.1, 0.15) is 24.8 Å². The molecule has 0 bridgehead atoms. The molecule has 0 aliphatic heterocycles. The number of anilines is 1. The molecule has 8 heteroatoms. The molecule has 7 nitrogen and oxygen atoms in total. The molecule has 0 saturated carbocycles. The quantitative estimate of drug-likeness (QED) is 0.754. The second-order valence-corrected chi connectivity index (χ2v) is 5.85. The van der Waals surface area contributed by atoms with E-state index in [1.165, 1.54) is 6.07 Å². The highest BCUT2D eigenvalue weighted by Crippen LogP contribution is 2.28. The van der Waals surface area contributed by atoms with Crippen molar-refractivity contribution in [1.82, 2.24) is 9.56 Å². The van der Waals surface area contributed by atoms with E-state index in [1.54, 1.807) is 38.1 Å². The van der Waals surface area contributed by atoms with E-state index in [4.69, 9.17) is 20.9 Å². The number of rotatable bonds is 5. The Hall–Kier alpha value is -2.80. The van der Waals surface area contributed by atoms with Gasteiger partial charge in [0, 0.05) is 23.6 Å². The minimum absolute atomic E-state index is 0.0621. The number of nitrogens with zero attached hydrogens (tertiary/aromatic N) is 2. The van der Waals surface area contributed by atoms with Crippen LogP contribution in [0, 0.1) is 6.92 Å². The van der Waals surface area contributed by atoms with Crippen molar-refractivity contribution in [2.24, 2.45) is 0 Å². The van der Waals surface area contributed by atoms with Crippen molar-refractivity contribution in [2.75, 3.05) is 5.32 Å². The van der Waals surface area contributed by atoms with Crippen molar-refractivity contribution in [3.63, 3.8) is 0 Å². The molecule has 3 rings (SSSR count). The van der Waals surface area contributed by atoms with Crippen LogP contribution in [-0.2, 0) is 11.4 Å². The van der Waals surface area contributed by atoms with Crippen LogP contribution in [0.3, 0.4) is 0 Å². The summed E-state index contributed by atoms with van der Waals surface area (Å²) < 4.78 is 12.1. The lowest BCUT2D eigenvalue weighted by Crippen LogP contribution is -2.15. The first-order chi connectivity index (χ1) is 12.0. The van der Waals surface area contributed by atoms with Crippen LogP contribution in [0.2, 0.25) is 5.02 Å². The molecule has 2 heterocycles. The molecule has 25 heavy (non-hydrogen) atoms. The minimum atomic E-state index is -0.327. The number of carbonyl (C=O) groups is 1. The highest BCUT2D eigenvalue weighted by atomic mass is 35.5. The molecule has 1 amide bonds. The van der Waals surface area contributed by atoms with E-state index in [0.717, 1.165) is 4.57 Å². The molecule has 0 atom stereocenters. The van der Waals surface area contributed by atoms with Crippen molar-refractivity contribution in [3.05, 3.63) is 57.2 Å². The summed E-state index contributed by atoms with van der Waals surface area (Å²) in [4.78, 5) is 28.0. The van der Waals surface area contributed by atoms with Gasteiger partial charge in [-0.2, -0.15) is 0 Å². The fourth-order valence-corrected chi connectivity index (χ4v) is 2.44. The number of hydrogen-bond donors (Lipinski definition) is 1. The van der Waals surface area contributed by atoms with E-state index in [9.17, 15) is 9.59 Å². The molecule has 0 unspecified atom stereocenters. The Morgan fingerprint density at radius 3 is 2.92 bits per heavy atom. The van der Waals surface area contributed by atoms with Gasteiger partial charge in [0.05, 0.1) is 11.4 Å². The fourth-order valence-electron chi connectivity index (χ4n) is 2.26. The average molecular weight is 362 g/mol. The maximum Gasteiger partial charge on any atom is 0.287 e. The topological polar surface area (TPSA) is 85.8 Å². The van der Waals surface area contributed by atoms with E-state index in [1.807, 2.05) is 0 Å². The second kappa shape index (κ2) is 6.98. The second-order valence-electron chi connectivity index (χ2n) is 5.42. The lowest BCUT2D eigenvalue weighted by Gasteiger charge is -2.12. The number of aryl methyl sites for hydroxylation is 1. The summed E-state index contributed by atoms with van der Waals surface area (Å²) in [6.45, 7) is 3.55. The van der Waals surface area contributed by atoms with Crippen LogP contribution in [0.4, 0.5) is 5.69 Å². The van der Waals surface area contributed by atoms with Crippen LogP contribution < -0.4 is 15.6 Å². The molecule has 0 saturated heterocycles. The van der Waals surface area contributed by atoms with Gasteiger partial charge in [0.25, 0.3) is 5.56 Å². The molecule has 130 valence electrons. The SMILES string of the molecule is CCC(=O)Nc1cc(Cl)ccc1OCc1cc(=O)n2oc(C)cc2n1. The van der Waals surface area contributed by atoms with Crippen molar-refractivity contribution < 1.29 is 14.1 Å². The predicted molar refractivity (Wildman–Crippen MR) is 93.2 cm³/mol. The third kappa shape index (κ3) is 3.83.